The van der Waals surface area contributed by atoms with E-state index >= 15 is 0 Å². The summed E-state index contributed by atoms with van der Waals surface area (Å²) in [5.74, 6) is 1.77. The Labute approximate surface area is 354 Å². The van der Waals surface area contributed by atoms with Gasteiger partial charge in [-0.2, -0.15) is 0 Å². The fraction of sp³-hybridized carbons (Fsp3) is 0. The quantitative estimate of drug-likeness (QED) is 0.154. The lowest BCUT2D eigenvalue weighted by Crippen LogP contribution is -2.00. The Kier molecular flexibility index (Phi) is 9.14. The standard InChI is InChI=1S/C57H37N3O/c1-5-13-38(14-6-1)41-21-23-43(24-22-41)44-27-31-47(32-28-44)56-58-55(46-29-25-42(26-30-46)39-15-7-2-8-16-39)59-57(60-56)48-33-34-50-52(36-48)61-53-37-49(40-17-9-3-10-18-40)35-51(54(50)53)45-19-11-4-12-20-45/h1-37H. The monoisotopic (exact) mass is 779 g/mol. The van der Waals surface area contributed by atoms with Crippen LogP contribution in [0.15, 0.2) is 229 Å². The van der Waals surface area contributed by atoms with Gasteiger partial charge in [0.05, 0.1) is 0 Å². The highest BCUT2D eigenvalue weighted by molar-refractivity contribution is 6.14. The first-order valence-corrected chi connectivity index (χ1v) is 20.5. The van der Waals surface area contributed by atoms with Crippen LogP contribution in [0.3, 0.4) is 0 Å². The lowest BCUT2D eigenvalue weighted by Gasteiger charge is -2.10. The van der Waals surface area contributed by atoms with Gasteiger partial charge < -0.3 is 4.42 Å². The minimum absolute atomic E-state index is 0.573. The largest absolute Gasteiger partial charge is 0.456 e. The molecule has 0 aliphatic carbocycles. The molecule has 0 N–H and O–H groups in total. The molecule has 4 nitrogen and oxygen atoms in total. The van der Waals surface area contributed by atoms with Crippen LogP contribution in [-0.2, 0) is 0 Å². The SMILES string of the molecule is c1ccc(-c2ccc(-c3ccc(-c4nc(-c5ccc(-c6ccccc6)cc5)nc(-c5ccc6c(c5)oc5cc(-c7ccccc7)cc(-c7ccccc7)c56)n4)cc3)cc2)cc1. The summed E-state index contributed by atoms with van der Waals surface area (Å²) in [5.41, 5.74) is 15.7. The topological polar surface area (TPSA) is 51.8 Å². The maximum Gasteiger partial charge on any atom is 0.164 e. The van der Waals surface area contributed by atoms with Crippen molar-refractivity contribution in [3.8, 4) is 89.8 Å². The molecule has 0 saturated carbocycles. The van der Waals surface area contributed by atoms with E-state index in [0.29, 0.717) is 17.5 Å². The lowest BCUT2D eigenvalue weighted by molar-refractivity contribution is 0.669. The zero-order valence-electron chi connectivity index (χ0n) is 33.1. The Morgan fingerprint density at radius 3 is 1.02 bits per heavy atom. The van der Waals surface area contributed by atoms with Crippen LogP contribution >= 0.6 is 0 Å². The highest BCUT2D eigenvalue weighted by atomic mass is 16.3. The molecule has 0 unspecified atom stereocenters. The van der Waals surface area contributed by atoms with Crippen molar-refractivity contribution in [3.63, 3.8) is 0 Å². The number of fused-ring (bicyclic) bond motifs is 3. The van der Waals surface area contributed by atoms with Crippen molar-refractivity contribution in [2.75, 3.05) is 0 Å². The number of nitrogens with zero attached hydrogens (tertiary/aromatic N) is 3. The average Bonchev–Trinajstić information content (AvgIpc) is 3.73. The lowest BCUT2D eigenvalue weighted by atomic mass is 9.94. The molecule has 0 saturated heterocycles. The number of hydrogen-bond donors (Lipinski definition) is 0. The Hall–Kier alpha value is -8.21. The minimum atomic E-state index is 0.573. The first kappa shape index (κ1) is 35.9. The Morgan fingerprint density at radius 1 is 0.246 bits per heavy atom. The second-order valence-corrected chi connectivity index (χ2v) is 15.2. The summed E-state index contributed by atoms with van der Waals surface area (Å²) in [6, 6.07) is 78.2. The summed E-state index contributed by atoms with van der Waals surface area (Å²) in [4.78, 5) is 15.3. The second-order valence-electron chi connectivity index (χ2n) is 15.2. The van der Waals surface area contributed by atoms with E-state index in [2.05, 4.69) is 206 Å². The molecule has 0 atom stereocenters. The number of benzene rings is 9. The van der Waals surface area contributed by atoms with E-state index in [4.69, 9.17) is 19.4 Å². The van der Waals surface area contributed by atoms with E-state index in [-0.39, 0.29) is 0 Å². The fourth-order valence-electron chi connectivity index (χ4n) is 8.19. The molecular formula is C57H37N3O. The van der Waals surface area contributed by atoms with Crippen molar-refractivity contribution < 1.29 is 4.42 Å². The first-order chi connectivity index (χ1) is 30.2. The molecule has 0 radical (unpaired) electrons. The van der Waals surface area contributed by atoms with Crippen LogP contribution in [-0.4, -0.2) is 15.0 Å². The van der Waals surface area contributed by atoms with E-state index in [0.717, 1.165) is 83.1 Å². The molecule has 0 fully saturated rings. The Balaban J connectivity index is 1.01. The van der Waals surface area contributed by atoms with Gasteiger partial charge in [-0.05, 0) is 79.9 Å². The van der Waals surface area contributed by atoms with Gasteiger partial charge in [0.2, 0.25) is 0 Å². The third-order valence-corrected chi connectivity index (χ3v) is 11.4. The van der Waals surface area contributed by atoms with Gasteiger partial charge in [-0.25, -0.2) is 15.0 Å². The number of rotatable bonds is 8. The van der Waals surface area contributed by atoms with Gasteiger partial charge in [0.25, 0.3) is 0 Å². The zero-order chi connectivity index (χ0) is 40.5. The molecule has 2 heterocycles. The Bertz CT molecular complexity index is 3290. The molecule has 0 aliphatic heterocycles. The third-order valence-electron chi connectivity index (χ3n) is 11.4. The van der Waals surface area contributed by atoms with Crippen LogP contribution in [0, 0.1) is 0 Å². The van der Waals surface area contributed by atoms with E-state index < -0.39 is 0 Å². The van der Waals surface area contributed by atoms with Gasteiger partial charge >= 0.3 is 0 Å². The first-order valence-electron chi connectivity index (χ1n) is 20.5. The van der Waals surface area contributed by atoms with Gasteiger partial charge in [0.15, 0.2) is 17.5 Å². The smallest absolute Gasteiger partial charge is 0.164 e. The van der Waals surface area contributed by atoms with Gasteiger partial charge in [-0.1, -0.05) is 200 Å². The molecular weight excluding hydrogens is 743 g/mol. The van der Waals surface area contributed by atoms with Gasteiger partial charge in [-0.3, -0.25) is 0 Å². The van der Waals surface area contributed by atoms with Gasteiger partial charge in [0, 0.05) is 27.5 Å². The van der Waals surface area contributed by atoms with Crippen molar-refractivity contribution in [2.24, 2.45) is 0 Å². The van der Waals surface area contributed by atoms with Crippen LogP contribution in [0.25, 0.3) is 112 Å². The zero-order valence-corrected chi connectivity index (χ0v) is 33.1. The number of furan rings is 1. The van der Waals surface area contributed by atoms with Crippen molar-refractivity contribution in [3.05, 3.63) is 224 Å². The van der Waals surface area contributed by atoms with Crippen LogP contribution in [0.4, 0.5) is 0 Å². The van der Waals surface area contributed by atoms with Gasteiger partial charge in [0.1, 0.15) is 11.2 Å². The number of aromatic nitrogens is 3. The van der Waals surface area contributed by atoms with Crippen LogP contribution < -0.4 is 0 Å². The fourth-order valence-corrected chi connectivity index (χ4v) is 8.19. The number of hydrogen-bond acceptors (Lipinski definition) is 4. The summed E-state index contributed by atoms with van der Waals surface area (Å²) in [7, 11) is 0. The van der Waals surface area contributed by atoms with E-state index in [1.165, 1.54) is 11.1 Å². The Morgan fingerprint density at radius 2 is 0.574 bits per heavy atom. The predicted octanol–water partition coefficient (Wildman–Crippen LogP) is 15.1. The van der Waals surface area contributed by atoms with Crippen molar-refractivity contribution in [1.82, 2.24) is 15.0 Å². The van der Waals surface area contributed by atoms with Crippen LogP contribution in [0.1, 0.15) is 0 Å². The molecule has 4 heteroatoms. The molecule has 0 bridgehead atoms. The van der Waals surface area contributed by atoms with E-state index in [1.54, 1.807) is 0 Å². The second kappa shape index (κ2) is 15.5. The van der Waals surface area contributed by atoms with E-state index in [9.17, 15) is 0 Å². The van der Waals surface area contributed by atoms with Crippen molar-refractivity contribution in [2.45, 2.75) is 0 Å². The average molecular weight is 780 g/mol. The maximum atomic E-state index is 6.74. The third kappa shape index (κ3) is 7.07. The maximum absolute atomic E-state index is 6.74. The highest BCUT2D eigenvalue weighted by Gasteiger charge is 2.18. The molecule has 0 aliphatic rings. The van der Waals surface area contributed by atoms with E-state index in [1.807, 2.05) is 18.2 Å². The molecule has 0 spiro atoms. The molecule has 61 heavy (non-hydrogen) atoms. The minimum Gasteiger partial charge on any atom is -0.456 e. The molecule has 11 rings (SSSR count). The normalized spacial score (nSPS) is 11.3. The summed E-state index contributed by atoms with van der Waals surface area (Å²) in [6.45, 7) is 0. The molecule has 11 aromatic rings. The van der Waals surface area contributed by atoms with Crippen LogP contribution in [0.2, 0.25) is 0 Å². The molecule has 2 aromatic heterocycles. The van der Waals surface area contributed by atoms with Crippen molar-refractivity contribution in [1.29, 1.82) is 0 Å². The molecule has 286 valence electrons. The highest BCUT2D eigenvalue weighted by Crippen LogP contribution is 2.41. The summed E-state index contributed by atoms with van der Waals surface area (Å²) in [6.07, 6.45) is 0. The summed E-state index contributed by atoms with van der Waals surface area (Å²) in [5, 5.41) is 2.12. The molecule has 9 aromatic carbocycles. The van der Waals surface area contributed by atoms with Gasteiger partial charge in [-0.15, -0.1) is 0 Å². The predicted molar refractivity (Wildman–Crippen MR) is 251 cm³/mol. The summed E-state index contributed by atoms with van der Waals surface area (Å²) >= 11 is 0. The van der Waals surface area contributed by atoms with Crippen molar-refractivity contribution >= 4 is 21.9 Å². The van der Waals surface area contributed by atoms with Crippen LogP contribution in [0.5, 0.6) is 0 Å². The molecule has 0 amide bonds. The summed E-state index contributed by atoms with van der Waals surface area (Å²) < 4.78 is 6.74.